The van der Waals surface area contributed by atoms with E-state index < -0.39 is 0 Å². The van der Waals surface area contributed by atoms with Crippen LogP contribution >= 0.6 is 0 Å². The predicted molar refractivity (Wildman–Crippen MR) is 90.2 cm³/mol. The van der Waals surface area contributed by atoms with Crippen LogP contribution in [0.15, 0.2) is 42.5 Å². The molecule has 0 fully saturated rings. The van der Waals surface area contributed by atoms with Crippen molar-refractivity contribution >= 4 is 0 Å². The maximum Gasteiger partial charge on any atom is 0.0163 e. The van der Waals surface area contributed by atoms with Gasteiger partial charge >= 0.3 is 0 Å². The standard InChI is InChI=1S/C19H31N/c1-3-5-6-7-12-17-20(4-2)18-13-11-16-19-14-9-8-10-15-19/h8-11,13-15H,3-7,12,16-18H2,1-2H3/b13-11-. The van der Waals surface area contributed by atoms with Gasteiger partial charge in [-0.25, -0.2) is 0 Å². The van der Waals surface area contributed by atoms with E-state index in [2.05, 4.69) is 61.2 Å². The first-order chi connectivity index (χ1) is 9.86. The van der Waals surface area contributed by atoms with Crippen molar-refractivity contribution in [2.45, 2.75) is 52.4 Å². The lowest BCUT2D eigenvalue weighted by molar-refractivity contribution is 0.309. The summed E-state index contributed by atoms with van der Waals surface area (Å²) >= 11 is 0. The highest BCUT2D eigenvalue weighted by Gasteiger charge is 1.99. The molecule has 0 spiro atoms. The summed E-state index contributed by atoms with van der Waals surface area (Å²) in [5.41, 5.74) is 1.39. The van der Waals surface area contributed by atoms with E-state index >= 15 is 0 Å². The van der Waals surface area contributed by atoms with Crippen LogP contribution in [0.4, 0.5) is 0 Å². The first kappa shape index (κ1) is 17.0. The molecule has 0 N–H and O–H groups in total. The molecule has 0 saturated heterocycles. The Kier molecular flexibility index (Phi) is 9.95. The summed E-state index contributed by atoms with van der Waals surface area (Å²) < 4.78 is 0. The van der Waals surface area contributed by atoms with Crippen molar-refractivity contribution in [3.8, 4) is 0 Å². The van der Waals surface area contributed by atoms with E-state index in [4.69, 9.17) is 0 Å². The first-order valence-corrected chi connectivity index (χ1v) is 8.28. The third kappa shape index (κ3) is 8.16. The quantitative estimate of drug-likeness (QED) is 0.401. The van der Waals surface area contributed by atoms with E-state index in [0.29, 0.717) is 0 Å². The molecule has 1 nitrogen and oxygen atoms in total. The van der Waals surface area contributed by atoms with E-state index in [1.807, 2.05) is 0 Å². The zero-order valence-corrected chi connectivity index (χ0v) is 13.4. The Bertz CT molecular complexity index is 342. The number of nitrogens with zero attached hydrogens (tertiary/aromatic N) is 1. The number of likely N-dealkylation sites (N-methyl/N-ethyl adjacent to an activating group) is 1. The Morgan fingerprint density at radius 3 is 2.35 bits per heavy atom. The molecule has 0 amide bonds. The minimum absolute atomic E-state index is 1.05. The van der Waals surface area contributed by atoms with Crippen molar-refractivity contribution in [2.75, 3.05) is 19.6 Å². The van der Waals surface area contributed by atoms with Gasteiger partial charge in [0.2, 0.25) is 0 Å². The molecule has 0 heterocycles. The van der Waals surface area contributed by atoms with Gasteiger partial charge in [0.05, 0.1) is 0 Å². The van der Waals surface area contributed by atoms with Gasteiger partial charge in [-0.2, -0.15) is 0 Å². The molecule has 1 heteroatoms. The molecule has 0 aliphatic carbocycles. The van der Waals surface area contributed by atoms with Gasteiger partial charge in [-0.05, 0) is 31.5 Å². The SMILES string of the molecule is CCCCCCCN(CC)C/C=C\Cc1ccccc1. The second-order valence-electron chi connectivity index (χ2n) is 5.47. The van der Waals surface area contributed by atoms with Gasteiger partial charge in [0, 0.05) is 6.54 Å². The summed E-state index contributed by atoms with van der Waals surface area (Å²) in [7, 11) is 0. The van der Waals surface area contributed by atoms with Gasteiger partial charge in [-0.3, -0.25) is 4.90 Å². The predicted octanol–water partition coefficient (Wildman–Crippen LogP) is 5.08. The fraction of sp³-hybridized carbons (Fsp3) is 0.579. The lowest BCUT2D eigenvalue weighted by atomic mass is 10.1. The van der Waals surface area contributed by atoms with Crippen LogP contribution in [-0.4, -0.2) is 24.5 Å². The smallest absolute Gasteiger partial charge is 0.0163 e. The summed E-state index contributed by atoms with van der Waals surface area (Å²) in [6, 6.07) is 10.7. The zero-order valence-electron chi connectivity index (χ0n) is 13.4. The normalized spacial score (nSPS) is 11.6. The van der Waals surface area contributed by atoms with Crippen molar-refractivity contribution < 1.29 is 0 Å². The molecule has 0 bridgehead atoms. The summed E-state index contributed by atoms with van der Waals surface area (Å²) in [6.07, 6.45) is 12.5. The molecule has 1 rings (SSSR count). The van der Waals surface area contributed by atoms with E-state index in [1.165, 1.54) is 44.2 Å². The lowest BCUT2D eigenvalue weighted by Crippen LogP contribution is -2.24. The summed E-state index contributed by atoms with van der Waals surface area (Å²) in [4.78, 5) is 2.54. The average Bonchev–Trinajstić information content (AvgIpc) is 2.50. The van der Waals surface area contributed by atoms with Gasteiger partial charge in [0.1, 0.15) is 0 Å². The van der Waals surface area contributed by atoms with E-state index in [0.717, 1.165) is 19.5 Å². The van der Waals surface area contributed by atoms with Crippen LogP contribution in [0.2, 0.25) is 0 Å². The molecule has 1 aromatic rings. The van der Waals surface area contributed by atoms with Crippen LogP contribution in [-0.2, 0) is 6.42 Å². The van der Waals surface area contributed by atoms with E-state index in [1.54, 1.807) is 0 Å². The highest BCUT2D eigenvalue weighted by molar-refractivity contribution is 5.17. The minimum atomic E-state index is 1.05. The molecule has 0 atom stereocenters. The topological polar surface area (TPSA) is 3.24 Å². The van der Waals surface area contributed by atoms with E-state index in [9.17, 15) is 0 Å². The van der Waals surface area contributed by atoms with Crippen molar-refractivity contribution in [3.05, 3.63) is 48.0 Å². The third-order valence-corrected chi connectivity index (χ3v) is 3.75. The molecular formula is C19H31N. The molecule has 0 saturated carbocycles. The van der Waals surface area contributed by atoms with Gasteiger partial charge in [0.15, 0.2) is 0 Å². The second kappa shape index (κ2) is 11.7. The van der Waals surface area contributed by atoms with Gasteiger partial charge in [-0.1, -0.05) is 82.0 Å². The maximum absolute atomic E-state index is 2.54. The molecule has 112 valence electrons. The lowest BCUT2D eigenvalue weighted by Gasteiger charge is -2.18. The molecule has 0 aliphatic heterocycles. The molecule has 0 aliphatic rings. The maximum atomic E-state index is 2.54. The number of benzene rings is 1. The summed E-state index contributed by atoms with van der Waals surface area (Å²) in [5, 5.41) is 0. The summed E-state index contributed by atoms with van der Waals surface area (Å²) in [6.45, 7) is 8.03. The number of allylic oxidation sites excluding steroid dienone is 1. The Hall–Kier alpha value is -1.08. The number of hydrogen-bond donors (Lipinski definition) is 0. The minimum Gasteiger partial charge on any atom is -0.300 e. The fourth-order valence-electron chi connectivity index (χ4n) is 2.37. The highest BCUT2D eigenvalue weighted by atomic mass is 15.1. The first-order valence-electron chi connectivity index (χ1n) is 8.28. The Morgan fingerprint density at radius 1 is 0.900 bits per heavy atom. The van der Waals surface area contributed by atoms with Crippen LogP contribution in [0.5, 0.6) is 0 Å². The number of unbranched alkanes of at least 4 members (excludes halogenated alkanes) is 4. The van der Waals surface area contributed by atoms with Gasteiger partial charge < -0.3 is 0 Å². The summed E-state index contributed by atoms with van der Waals surface area (Å²) in [5.74, 6) is 0. The highest BCUT2D eigenvalue weighted by Crippen LogP contribution is 2.04. The van der Waals surface area contributed by atoms with Crippen molar-refractivity contribution in [3.63, 3.8) is 0 Å². The Balaban J connectivity index is 2.13. The van der Waals surface area contributed by atoms with Crippen LogP contribution in [0, 0.1) is 0 Å². The fourth-order valence-corrected chi connectivity index (χ4v) is 2.37. The van der Waals surface area contributed by atoms with Crippen LogP contribution in [0.25, 0.3) is 0 Å². The number of hydrogen-bond acceptors (Lipinski definition) is 1. The Morgan fingerprint density at radius 2 is 1.65 bits per heavy atom. The number of rotatable bonds is 11. The van der Waals surface area contributed by atoms with Crippen molar-refractivity contribution in [1.82, 2.24) is 4.90 Å². The Labute approximate surface area is 125 Å². The van der Waals surface area contributed by atoms with Crippen molar-refractivity contribution in [1.29, 1.82) is 0 Å². The van der Waals surface area contributed by atoms with Gasteiger partial charge in [0.25, 0.3) is 0 Å². The molecule has 0 unspecified atom stereocenters. The molecule has 20 heavy (non-hydrogen) atoms. The molecule has 1 aromatic carbocycles. The van der Waals surface area contributed by atoms with E-state index in [-0.39, 0.29) is 0 Å². The van der Waals surface area contributed by atoms with Gasteiger partial charge in [-0.15, -0.1) is 0 Å². The van der Waals surface area contributed by atoms with Crippen molar-refractivity contribution in [2.24, 2.45) is 0 Å². The van der Waals surface area contributed by atoms with Crippen LogP contribution in [0.1, 0.15) is 51.5 Å². The average molecular weight is 273 g/mol. The van der Waals surface area contributed by atoms with Crippen LogP contribution < -0.4 is 0 Å². The largest absolute Gasteiger partial charge is 0.300 e. The third-order valence-electron chi connectivity index (χ3n) is 3.75. The zero-order chi connectivity index (χ0) is 14.5. The molecular weight excluding hydrogens is 242 g/mol. The molecule has 0 aromatic heterocycles. The second-order valence-corrected chi connectivity index (χ2v) is 5.47. The molecule has 0 radical (unpaired) electrons. The monoisotopic (exact) mass is 273 g/mol. The van der Waals surface area contributed by atoms with Crippen LogP contribution in [0.3, 0.4) is 0 Å².